The zero-order chi connectivity index (χ0) is 18.1. The van der Waals surface area contributed by atoms with Crippen molar-refractivity contribution in [1.29, 1.82) is 0 Å². The molecule has 0 saturated carbocycles. The summed E-state index contributed by atoms with van der Waals surface area (Å²) in [4.78, 5) is 0. The van der Waals surface area contributed by atoms with E-state index in [1.54, 1.807) is 18.1 Å². The van der Waals surface area contributed by atoms with Crippen molar-refractivity contribution >= 4 is 6.88 Å². The van der Waals surface area contributed by atoms with Gasteiger partial charge in [0.05, 0.1) is 0 Å². The van der Waals surface area contributed by atoms with Gasteiger partial charge in [0.1, 0.15) is 0 Å². The van der Waals surface area contributed by atoms with Crippen LogP contribution in [0.15, 0.2) is 46.6 Å². The fourth-order valence-electron chi connectivity index (χ4n) is 5.62. The van der Waals surface area contributed by atoms with Gasteiger partial charge in [-0.15, -0.1) is 0 Å². The molecule has 138 valence electrons. The van der Waals surface area contributed by atoms with Crippen molar-refractivity contribution in [3.8, 4) is 0 Å². The minimum absolute atomic E-state index is 0.250. The summed E-state index contributed by atoms with van der Waals surface area (Å²) in [6, 6.07) is 0. The van der Waals surface area contributed by atoms with E-state index in [4.69, 9.17) is 5.11 Å². The first-order chi connectivity index (χ1) is 11.9. The average molecular weight is 436 g/mol. The molecule has 4 aliphatic carbocycles. The van der Waals surface area contributed by atoms with Crippen molar-refractivity contribution in [3.05, 3.63) is 46.6 Å². The Hall–Kier alpha value is 0.0200. The van der Waals surface area contributed by atoms with E-state index in [1.807, 2.05) is 11.1 Å². The molecule has 0 aromatic rings. The third kappa shape index (κ3) is 3.71. The van der Waals surface area contributed by atoms with E-state index < -0.39 is 17.4 Å². The van der Waals surface area contributed by atoms with Gasteiger partial charge in [0, 0.05) is 6.61 Å². The maximum absolute atomic E-state index is 7.57. The van der Waals surface area contributed by atoms with E-state index in [0.29, 0.717) is 0 Å². The van der Waals surface area contributed by atoms with Gasteiger partial charge in [-0.05, 0) is 6.92 Å². The molecule has 0 fully saturated rings. The fourth-order valence-corrected chi connectivity index (χ4v) is 21.9. The van der Waals surface area contributed by atoms with Gasteiger partial charge in [-0.3, -0.25) is 0 Å². The number of allylic oxidation sites excluding steroid dienone is 8. The van der Waals surface area contributed by atoms with Gasteiger partial charge >= 0.3 is 139 Å². The topological polar surface area (TPSA) is 20.2 Å². The predicted octanol–water partition coefficient (Wildman–Crippen LogP) is 5.78. The van der Waals surface area contributed by atoms with E-state index in [-0.39, 0.29) is 6.61 Å². The van der Waals surface area contributed by atoms with Crippen molar-refractivity contribution in [2.24, 2.45) is 0 Å². The van der Waals surface area contributed by atoms with Crippen LogP contribution >= 0.6 is 0 Å². The second-order valence-electron chi connectivity index (χ2n) is 9.44. The van der Waals surface area contributed by atoms with E-state index in [9.17, 15) is 0 Å². The van der Waals surface area contributed by atoms with Gasteiger partial charge in [-0.1, -0.05) is 0 Å². The van der Waals surface area contributed by atoms with Gasteiger partial charge in [-0.2, -0.15) is 0 Å². The van der Waals surface area contributed by atoms with Crippen LogP contribution < -0.4 is 0 Å². The number of rotatable bonds is 2. The molecule has 4 aliphatic rings. The molecule has 0 aliphatic heterocycles. The number of aliphatic hydroxyl groups is 1. The number of hydrogen-bond acceptors (Lipinski definition) is 1. The maximum atomic E-state index is 7.57. The number of aliphatic hydroxyl groups excluding tert-OH is 1. The molecule has 1 N–H and O–H groups in total. The third-order valence-corrected chi connectivity index (χ3v) is 24.8. The summed E-state index contributed by atoms with van der Waals surface area (Å²) >= 11 is -2.85. The molecule has 1 nitrogen and oxygen atoms in total. The Kier molecular flexibility index (Phi) is 5.98. The second kappa shape index (κ2) is 7.56. The van der Waals surface area contributed by atoms with Crippen LogP contribution in [0.3, 0.4) is 0 Å². The SMILES string of the molecule is CCO.[CH3][Zr]([CH3])(=[SiH2])([CH]1C=CC2=C1CCCC2)[CH]1C=CC2=C1CCCC2. The van der Waals surface area contributed by atoms with Crippen LogP contribution in [0.25, 0.3) is 0 Å². The molecule has 2 atom stereocenters. The molecular weight excluding hydrogens is 400 g/mol. The van der Waals surface area contributed by atoms with Crippen molar-refractivity contribution in [1.82, 2.24) is 0 Å². The van der Waals surface area contributed by atoms with Crippen LogP contribution in [-0.4, -0.2) is 18.6 Å². The molecule has 0 radical (unpaired) electrons. The summed E-state index contributed by atoms with van der Waals surface area (Å²) in [6.45, 7) is 4.42. The molecule has 2 unspecified atom stereocenters. The predicted molar refractivity (Wildman–Crippen MR) is 110 cm³/mol. The van der Waals surface area contributed by atoms with Gasteiger partial charge < -0.3 is 5.11 Å². The normalized spacial score (nSPS) is 28.7. The summed E-state index contributed by atoms with van der Waals surface area (Å²) in [6.07, 6.45) is 21.5. The Morgan fingerprint density at radius 2 is 1.24 bits per heavy atom. The van der Waals surface area contributed by atoms with Gasteiger partial charge in [0.15, 0.2) is 0 Å². The molecule has 0 heterocycles. The van der Waals surface area contributed by atoms with E-state index in [1.165, 1.54) is 51.4 Å². The van der Waals surface area contributed by atoms with Crippen molar-refractivity contribution < 1.29 is 22.5 Å². The van der Waals surface area contributed by atoms with Crippen molar-refractivity contribution in [2.45, 2.75) is 74.8 Å². The molecule has 0 amide bonds. The zero-order valence-corrected chi connectivity index (χ0v) is 20.4. The van der Waals surface area contributed by atoms with Crippen molar-refractivity contribution in [2.75, 3.05) is 6.61 Å². The average Bonchev–Trinajstić information content (AvgIpc) is 3.20. The monoisotopic (exact) mass is 434 g/mol. The Morgan fingerprint density at radius 1 is 0.880 bits per heavy atom. The first-order valence-corrected chi connectivity index (χ1v) is 24.0. The van der Waals surface area contributed by atoms with Crippen LogP contribution in [0.5, 0.6) is 0 Å². The first kappa shape index (κ1) is 19.8. The van der Waals surface area contributed by atoms with Crippen LogP contribution in [0.2, 0.25) is 16.5 Å². The third-order valence-electron chi connectivity index (χ3n) is 6.88. The molecule has 3 heteroatoms. The fraction of sp³-hybridized carbons (Fsp3) is 0.636. The molecule has 0 saturated heterocycles. The molecule has 0 aromatic carbocycles. The van der Waals surface area contributed by atoms with E-state index >= 15 is 0 Å². The zero-order valence-electron chi connectivity index (χ0n) is 16.5. The summed E-state index contributed by atoms with van der Waals surface area (Å²) in [5.74, 6) is 0. The molecule has 0 spiro atoms. The quantitative estimate of drug-likeness (QED) is 0.545. The second-order valence-corrected chi connectivity index (χ2v) is 40.1. The standard InChI is InChI=1S/2C9H11.C2H6O.2CH3.H2Si.Zr/c2*1-2-5-9-7-3-6-8(9)4-1;1-2-3;;;;/h2*3,6-7H,1-2,4-5H2;3H,2H2,1H3;2*1H3;1H2;. The Balaban J connectivity index is 0.000000569. The summed E-state index contributed by atoms with van der Waals surface area (Å²) in [5.41, 5.74) is 7.20. The van der Waals surface area contributed by atoms with Crippen molar-refractivity contribution in [3.63, 3.8) is 0 Å². The summed E-state index contributed by atoms with van der Waals surface area (Å²) < 4.78 is 7.22. The summed E-state index contributed by atoms with van der Waals surface area (Å²) in [5, 5.41) is 7.57. The van der Waals surface area contributed by atoms with Crippen LogP contribution in [0.4, 0.5) is 0 Å². The Bertz CT molecular complexity index is 662. The summed E-state index contributed by atoms with van der Waals surface area (Å²) in [7, 11) is 0. The molecular formula is C22H36OSiZr. The van der Waals surface area contributed by atoms with Crippen LogP contribution in [-0.2, 0) is 17.4 Å². The molecule has 0 bridgehead atoms. The Morgan fingerprint density at radius 3 is 1.64 bits per heavy atom. The van der Waals surface area contributed by atoms with E-state index in [0.717, 1.165) is 7.25 Å². The minimum atomic E-state index is -2.85. The number of hydrogen-bond donors (Lipinski definition) is 1. The van der Waals surface area contributed by atoms with Gasteiger partial charge in [0.2, 0.25) is 0 Å². The van der Waals surface area contributed by atoms with Crippen LogP contribution in [0, 0.1) is 0 Å². The van der Waals surface area contributed by atoms with E-state index in [2.05, 4.69) is 40.4 Å². The van der Waals surface area contributed by atoms with Gasteiger partial charge in [0.25, 0.3) is 0 Å². The molecule has 0 aromatic heterocycles. The Labute approximate surface area is 156 Å². The van der Waals surface area contributed by atoms with Gasteiger partial charge in [-0.25, -0.2) is 0 Å². The molecule has 4 rings (SSSR count). The first-order valence-electron chi connectivity index (χ1n) is 10.4. The van der Waals surface area contributed by atoms with Crippen LogP contribution in [0.1, 0.15) is 58.3 Å². The molecule has 25 heavy (non-hydrogen) atoms.